The molecule has 4 N–H and O–H groups in total. The number of rotatable bonds is 2. The van der Waals surface area contributed by atoms with Crippen molar-refractivity contribution in [3.8, 4) is 0 Å². The van der Waals surface area contributed by atoms with Gasteiger partial charge in [0.2, 0.25) is 5.95 Å². The van der Waals surface area contributed by atoms with Gasteiger partial charge in [0.05, 0.1) is 25.1 Å². The van der Waals surface area contributed by atoms with Crippen molar-refractivity contribution < 1.29 is 14.6 Å². The highest BCUT2D eigenvalue weighted by Gasteiger charge is 2.75. The van der Waals surface area contributed by atoms with E-state index < -0.39 is 5.79 Å². The van der Waals surface area contributed by atoms with Gasteiger partial charge in [0.1, 0.15) is 6.10 Å². The molecule has 3 heterocycles. The van der Waals surface area contributed by atoms with E-state index in [1.807, 2.05) is 18.4 Å². The van der Waals surface area contributed by atoms with Crippen LogP contribution >= 0.6 is 0 Å². The minimum atomic E-state index is -0.705. The van der Waals surface area contributed by atoms with Gasteiger partial charge in [-0.2, -0.15) is 4.98 Å². The maximum Gasteiger partial charge on any atom is 0.280 e. The van der Waals surface area contributed by atoms with Gasteiger partial charge < -0.3 is 24.9 Å². The Morgan fingerprint density at radius 3 is 3.04 bits per heavy atom. The molecular weight excluding hydrogens is 314 g/mol. The van der Waals surface area contributed by atoms with Crippen LogP contribution in [0.15, 0.2) is 11.1 Å². The molecule has 2 aromatic rings. The van der Waals surface area contributed by atoms with Crippen LogP contribution in [0.5, 0.6) is 0 Å². The van der Waals surface area contributed by atoms with Crippen LogP contribution in [0.2, 0.25) is 0 Å². The average Bonchev–Trinajstić information content (AvgIpc) is 2.78. The minimum Gasteiger partial charge on any atom is -0.396 e. The molecule has 9 heteroatoms. The van der Waals surface area contributed by atoms with Crippen molar-refractivity contribution in [2.75, 3.05) is 12.3 Å². The molecule has 2 aliphatic carbocycles. The molecule has 5 atom stereocenters. The maximum atomic E-state index is 12.0. The molecule has 1 saturated heterocycles. The molecule has 2 aromatic heterocycles. The summed E-state index contributed by atoms with van der Waals surface area (Å²) < 4.78 is 14.1. The number of ether oxygens (including phenoxy) is 2. The predicted molar refractivity (Wildman–Crippen MR) is 83.0 cm³/mol. The lowest BCUT2D eigenvalue weighted by Crippen LogP contribution is -2.33. The first-order valence-corrected chi connectivity index (χ1v) is 8.05. The third-order valence-corrected chi connectivity index (χ3v) is 5.69. The van der Waals surface area contributed by atoms with E-state index in [1.165, 1.54) is 0 Å². The Bertz CT molecular complexity index is 905. The van der Waals surface area contributed by atoms with E-state index >= 15 is 0 Å². The van der Waals surface area contributed by atoms with E-state index in [0.717, 1.165) is 6.42 Å². The second kappa shape index (κ2) is 4.16. The summed E-state index contributed by atoms with van der Waals surface area (Å²) in [4.78, 5) is 22.9. The smallest absolute Gasteiger partial charge is 0.280 e. The summed E-state index contributed by atoms with van der Waals surface area (Å²) in [7, 11) is 0. The van der Waals surface area contributed by atoms with Crippen LogP contribution in [0.4, 0.5) is 5.95 Å². The molecule has 2 saturated carbocycles. The molecule has 0 radical (unpaired) electrons. The lowest BCUT2D eigenvalue weighted by Gasteiger charge is -2.24. The maximum absolute atomic E-state index is 12.0. The number of H-pyrrole nitrogens is 1. The van der Waals surface area contributed by atoms with Crippen molar-refractivity contribution >= 4 is 17.1 Å². The van der Waals surface area contributed by atoms with Gasteiger partial charge in [0.15, 0.2) is 17.0 Å². The molecule has 0 spiro atoms. The molecule has 0 aromatic carbocycles. The standard InChI is InChI=1S/C15H19N5O4/c1-14(2)23-9-8(6-3-15(6,4-21)10(9)24-14)20-5-17-7-11(20)18-13(16)19-12(7)22/h5-6,8-10,21H,3-4H2,1-2H3,(H3,16,18,19,22)/t6-,8-,9+,10+,15?/m1/s1. The Kier molecular flexibility index (Phi) is 2.49. The zero-order chi connectivity index (χ0) is 16.9. The van der Waals surface area contributed by atoms with Gasteiger partial charge in [-0.3, -0.25) is 9.78 Å². The molecule has 5 rings (SSSR count). The first kappa shape index (κ1) is 14.4. The molecule has 3 aliphatic rings. The number of hydrogen-bond donors (Lipinski definition) is 3. The predicted octanol–water partition coefficient (Wildman–Crippen LogP) is -0.225. The summed E-state index contributed by atoms with van der Waals surface area (Å²) >= 11 is 0. The van der Waals surface area contributed by atoms with Crippen LogP contribution in [0.1, 0.15) is 26.3 Å². The van der Waals surface area contributed by atoms with Crippen molar-refractivity contribution in [1.82, 2.24) is 19.5 Å². The van der Waals surface area contributed by atoms with Gasteiger partial charge >= 0.3 is 0 Å². The zero-order valence-corrected chi connectivity index (χ0v) is 13.4. The molecule has 0 bridgehead atoms. The number of hydrogen-bond acceptors (Lipinski definition) is 7. The van der Waals surface area contributed by atoms with Gasteiger partial charge in [-0.05, 0) is 26.2 Å². The Balaban J connectivity index is 1.66. The number of nitrogens with zero attached hydrogens (tertiary/aromatic N) is 3. The van der Waals surface area contributed by atoms with Gasteiger partial charge in [-0.15, -0.1) is 0 Å². The van der Waals surface area contributed by atoms with Gasteiger partial charge in [-0.1, -0.05) is 0 Å². The van der Waals surface area contributed by atoms with Crippen LogP contribution in [0.3, 0.4) is 0 Å². The quantitative estimate of drug-likeness (QED) is 0.693. The number of nitrogens with one attached hydrogen (secondary N) is 1. The fourth-order valence-electron chi connectivity index (χ4n) is 4.64. The second-order valence-corrected chi connectivity index (χ2v) is 7.49. The van der Waals surface area contributed by atoms with Crippen LogP contribution in [0.25, 0.3) is 11.2 Å². The number of aromatic nitrogens is 4. The van der Waals surface area contributed by atoms with Gasteiger partial charge in [0.25, 0.3) is 5.56 Å². The Labute approximate surface area is 136 Å². The molecule has 9 nitrogen and oxygen atoms in total. The van der Waals surface area contributed by atoms with Crippen molar-refractivity contribution in [1.29, 1.82) is 0 Å². The van der Waals surface area contributed by atoms with E-state index in [0.29, 0.717) is 5.65 Å². The molecule has 3 fully saturated rings. The largest absolute Gasteiger partial charge is 0.396 e. The number of nitrogen functional groups attached to an aromatic ring is 1. The van der Waals surface area contributed by atoms with Crippen molar-refractivity contribution in [3.05, 3.63) is 16.7 Å². The first-order chi connectivity index (χ1) is 11.4. The van der Waals surface area contributed by atoms with E-state index in [1.54, 1.807) is 6.33 Å². The number of aliphatic hydroxyl groups excluding tert-OH is 1. The van der Waals surface area contributed by atoms with Crippen molar-refractivity contribution in [3.63, 3.8) is 0 Å². The number of aromatic amines is 1. The normalized spacial score (nSPS) is 39.1. The monoisotopic (exact) mass is 333 g/mol. The molecule has 1 aliphatic heterocycles. The van der Waals surface area contributed by atoms with E-state index in [4.69, 9.17) is 15.2 Å². The number of aliphatic hydroxyl groups is 1. The summed E-state index contributed by atoms with van der Waals surface area (Å²) in [6.07, 6.45) is 2.07. The van der Waals surface area contributed by atoms with E-state index in [2.05, 4.69) is 15.0 Å². The van der Waals surface area contributed by atoms with Gasteiger partial charge in [0, 0.05) is 5.41 Å². The first-order valence-electron chi connectivity index (χ1n) is 8.05. The summed E-state index contributed by atoms with van der Waals surface area (Å²) in [5.74, 6) is -0.450. The molecule has 1 unspecified atom stereocenters. The second-order valence-electron chi connectivity index (χ2n) is 7.49. The number of nitrogens with two attached hydrogens (primary N) is 1. The van der Waals surface area contributed by atoms with Crippen LogP contribution in [-0.4, -0.2) is 49.2 Å². The lowest BCUT2D eigenvalue weighted by molar-refractivity contribution is -0.163. The Hall–Kier alpha value is -1.97. The fourth-order valence-corrected chi connectivity index (χ4v) is 4.64. The number of fused-ring (bicyclic) bond motifs is 4. The zero-order valence-electron chi connectivity index (χ0n) is 13.4. The topological polar surface area (TPSA) is 128 Å². The molecule has 128 valence electrons. The van der Waals surface area contributed by atoms with Gasteiger partial charge in [-0.25, -0.2) is 4.98 Å². The third kappa shape index (κ3) is 1.61. The Morgan fingerprint density at radius 1 is 1.50 bits per heavy atom. The summed E-state index contributed by atoms with van der Waals surface area (Å²) in [5, 5.41) is 9.95. The van der Waals surface area contributed by atoms with Crippen molar-refractivity contribution in [2.24, 2.45) is 11.3 Å². The highest BCUT2D eigenvalue weighted by atomic mass is 16.8. The van der Waals surface area contributed by atoms with E-state index in [-0.39, 0.29) is 53.2 Å². The molecule has 24 heavy (non-hydrogen) atoms. The van der Waals surface area contributed by atoms with Crippen molar-refractivity contribution in [2.45, 2.75) is 44.3 Å². The van der Waals surface area contributed by atoms with Crippen LogP contribution in [0, 0.1) is 11.3 Å². The SMILES string of the molecule is CC1(C)O[C@H]2[C@H](n3cnc4c(=O)[nH]c(N)nc43)[C@H]3CC3(CO)[C@H]2O1. The molecular formula is C15H19N5O4. The summed E-state index contributed by atoms with van der Waals surface area (Å²) in [6, 6.07) is -0.0948. The van der Waals surface area contributed by atoms with Crippen LogP contribution < -0.4 is 11.3 Å². The highest BCUT2D eigenvalue weighted by Crippen LogP contribution is 2.71. The third-order valence-electron chi connectivity index (χ3n) is 5.69. The average molecular weight is 333 g/mol. The number of imidazole rings is 1. The lowest BCUT2D eigenvalue weighted by atomic mass is 10.0. The Morgan fingerprint density at radius 2 is 2.29 bits per heavy atom. The summed E-state index contributed by atoms with van der Waals surface area (Å²) in [5.41, 5.74) is 5.74. The van der Waals surface area contributed by atoms with E-state index in [9.17, 15) is 9.90 Å². The van der Waals surface area contributed by atoms with Crippen LogP contribution in [-0.2, 0) is 9.47 Å². The number of anilines is 1. The highest BCUT2D eigenvalue weighted by molar-refractivity contribution is 5.70. The summed E-state index contributed by atoms with van der Waals surface area (Å²) in [6.45, 7) is 3.80. The minimum absolute atomic E-state index is 0.0527. The molecule has 0 amide bonds. The fraction of sp³-hybridized carbons (Fsp3) is 0.667.